The van der Waals surface area contributed by atoms with Crippen molar-refractivity contribution in [2.45, 2.75) is 71.6 Å². The van der Waals surface area contributed by atoms with E-state index in [0.717, 1.165) is 38.5 Å². The van der Waals surface area contributed by atoms with Crippen LogP contribution < -0.4 is 0 Å². The summed E-state index contributed by atoms with van der Waals surface area (Å²) in [4.78, 5) is 24.3. The van der Waals surface area contributed by atoms with E-state index in [2.05, 4.69) is 135 Å². The van der Waals surface area contributed by atoms with Gasteiger partial charge in [-0.15, -0.1) is 0 Å². The SMILES string of the molecule is CC1(/C=C\CCCOC(=O)CCC(=O)CCC/C=C\C2(C)C=CC3(C=CCC=C3)C=C2)C=CC2(C=CCC=C2)C=C1. The Morgan fingerprint density at radius 3 is 1.56 bits per heavy atom. The summed E-state index contributed by atoms with van der Waals surface area (Å²) < 4.78 is 5.35. The topological polar surface area (TPSA) is 43.4 Å². The van der Waals surface area contributed by atoms with Crippen molar-refractivity contribution in [3.05, 3.63) is 122 Å². The predicted molar refractivity (Wildman–Crippen MR) is 170 cm³/mol. The number of hydrogen-bond donors (Lipinski definition) is 0. The Bertz CT molecular complexity index is 1180. The van der Waals surface area contributed by atoms with Crippen LogP contribution in [0.3, 0.4) is 0 Å². The number of esters is 1. The van der Waals surface area contributed by atoms with Gasteiger partial charge in [-0.1, -0.05) is 122 Å². The number of rotatable bonds is 13. The zero-order chi connectivity index (χ0) is 29.1. The number of allylic oxidation sites excluding steroid dienone is 20. The lowest BCUT2D eigenvalue weighted by molar-refractivity contribution is -0.144. The summed E-state index contributed by atoms with van der Waals surface area (Å²) in [7, 11) is 0. The second-order valence-corrected chi connectivity index (χ2v) is 12.2. The van der Waals surface area contributed by atoms with Crippen molar-refractivity contribution in [3.63, 3.8) is 0 Å². The molecule has 0 heterocycles. The van der Waals surface area contributed by atoms with Gasteiger partial charge in [-0.3, -0.25) is 9.59 Å². The smallest absolute Gasteiger partial charge is 0.306 e. The Labute approximate surface area is 247 Å². The van der Waals surface area contributed by atoms with Crippen molar-refractivity contribution in [1.29, 1.82) is 0 Å². The van der Waals surface area contributed by atoms with Crippen molar-refractivity contribution in [2.75, 3.05) is 6.61 Å². The van der Waals surface area contributed by atoms with Gasteiger partial charge in [0.1, 0.15) is 5.78 Å². The number of Topliss-reactive ketones (excluding diaryl/α,β-unsaturated/α-hetero) is 1. The molecule has 4 aliphatic carbocycles. The average molecular weight is 551 g/mol. The maximum atomic E-state index is 12.2. The first-order valence-corrected chi connectivity index (χ1v) is 15.3. The van der Waals surface area contributed by atoms with Gasteiger partial charge in [0.2, 0.25) is 0 Å². The van der Waals surface area contributed by atoms with Crippen LogP contribution in [-0.2, 0) is 14.3 Å². The van der Waals surface area contributed by atoms with Gasteiger partial charge in [-0.2, -0.15) is 0 Å². The molecule has 0 saturated carbocycles. The Balaban J connectivity index is 1.03. The summed E-state index contributed by atoms with van der Waals surface area (Å²) in [5.74, 6) is -0.155. The van der Waals surface area contributed by atoms with E-state index in [9.17, 15) is 9.59 Å². The molecule has 0 atom stereocenters. The largest absolute Gasteiger partial charge is 0.466 e. The van der Waals surface area contributed by atoms with E-state index >= 15 is 0 Å². The highest BCUT2D eigenvalue weighted by molar-refractivity contribution is 5.82. The molecule has 0 saturated heterocycles. The highest BCUT2D eigenvalue weighted by Crippen LogP contribution is 2.39. The van der Waals surface area contributed by atoms with E-state index in [-0.39, 0.29) is 46.3 Å². The van der Waals surface area contributed by atoms with Crippen molar-refractivity contribution < 1.29 is 14.3 Å². The van der Waals surface area contributed by atoms with E-state index in [1.165, 1.54) is 0 Å². The first-order chi connectivity index (χ1) is 19.7. The lowest BCUT2D eigenvalue weighted by Gasteiger charge is -2.30. The lowest BCUT2D eigenvalue weighted by atomic mass is 9.74. The molecule has 0 aliphatic heterocycles. The first kappa shape index (κ1) is 30.5. The molecule has 4 rings (SSSR count). The standard InChI is InChI=1S/C38H46O3/c1-35(24-28-37(29-25-35)20-10-4-11-21-37)18-8-3-7-15-33(39)16-17-34(40)41-32-14-6-9-19-36(2)26-30-38(31-27-36)22-12-5-13-23-38/h8-13,18-31H,3-7,14-17,32H2,1-2H3/b18-8-,19-9-. The molecule has 0 N–H and O–H groups in total. The van der Waals surface area contributed by atoms with Gasteiger partial charge >= 0.3 is 5.97 Å². The maximum Gasteiger partial charge on any atom is 0.306 e. The molecule has 0 aromatic heterocycles. The molecule has 3 heteroatoms. The number of unbranched alkanes of at least 4 members (excludes halogenated alkanes) is 2. The Morgan fingerprint density at radius 1 is 0.610 bits per heavy atom. The van der Waals surface area contributed by atoms with E-state index < -0.39 is 0 Å². The van der Waals surface area contributed by atoms with Gasteiger partial charge in [0.05, 0.1) is 13.0 Å². The van der Waals surface area contributed by atoms with E-state index in [1.807, 2.05) is 0 Å². The third-order valence-electron chi connectivity index (χ3n) is 8.26. The van der Waals surface area contributed by atoms with E-state index in [1.54, 1.807) is 0 Å². The summed E-state index contributed by atoms with van der Waals surface area (Å²) in [6.45, 7) is 4.78. The fourth-order valence-electron chi connectivity index (χ4n) is 5.46. The van der Waals surface area contributed by atoms with Gasteiger partial charge in [0.25, 0.3) is 0 Å². The molecule has 4 aliphatic rings. The predicted octanol–water partition coefficient (Wildman–Crippen LogP) is 9.21. The first-order valence-electron chi connectivity index (χ1n) is 15.3. The van der Waals surface area contributed by atoms with Crippen molar-refractivity contribution in [1.82, 2.24) is 0 Å². The second-order valence-electron chi connectivity index (χ2n) is 12.2. The van der Waals surface area contributed by atoms with Gasteiger partial charge < -0.3 is 4.74 Å². The molecule has 0 aromatic rings. The summed E-state index contributed by atoms with van der Waals surface area (Å²) >= 11 is 0. The molecule has 0 bridgehead atoms. The molecule has 41 heavy (non-hydrogen) atoms. The molecule has 216 valence electrons. The molecular weight excluding hydrogens is 504 g/mol. The minimum absolute atomic E-state index is 0.0596. The second kappa shape index (κ2) is 13.9. The molecule has 3 nitrogen and oxygen atoms in total. The third-order valence-corrected chi connectivity index (χ3v) is 8.26. The summed E-state index contributed by atoms with van der Waals surface area (Å²) in [5.41, 5.74) is -0.305. The van der Waals surface area contributed by atoms with Gasteiger partial charge in [0.15, 0.2) is 0 Å². The number of ether oxygens (including phenoxy) is 1. The molecular formula is C38H46O3. The normalized spacial score (nSPS) is 24.3. The average Bonchev–Trinajstić information content (AvgIpc) is 2.98. The van der Waals surface area contributed by atoms with Crippen molar-refractivity contribution >= 4 is 11.8 Å². The molecule has 0 amide bonds. The van der Waals surface area contributed by atoms with Crippen LogP contribution in [0.4, 0.5) is 0 Å². The summed E-state index contributed by atoms with van der Waals surface area (Å²) in [5, 5.41) is 0. The van der Waals surface area contributed by atoms with E-state index in [0.29, 0.717) is 13.0 Å². The highest BCUT2D eigenvalue weighted by Gasteiger charge is 2.27. The van der Waals surface area contributed by atoms with Gasteiger partial charge in [0, 0.05) is 34.5 Å². The van der Waals surface area contributed by atoms with Crippen LogP contribution in [0.25, 0.3) is 0 Å². The molecule has 0 aromatic carbocycles. The molecule has 2 spiro atoms. The van der Waals surface area contributed by atoms with Gasteiger partial charge in [-0.25, -0.2) is 0 Å². The van der Waals surface area contributed by atoms with Gasteiger partial charge in [-0.05, 0) is 52.4 Å². The zero-order valence-corrected chi connectivity index (χ0v) is 24.8. The van der Waals surface area contributed by atoms with Crippen LogP contribution in [0, 0.1) is 21.7 Å². The van der Waals surface area contributed by atoms with Crippen LogP contribution in [0.1, 0.15) is 71.6 Å². The minimum Gasteiger partial charge on any atom is -0.466 e. The summed E-state index contributed by atoms with van der Waals surface area (Å²) in [6, 6.07) is 0. The van der Waals surface area contributed by atoms with Crippen LogP contribution in [-0.4, -0.2) is 18.4 Å². The van der Waals surface area contributed by atoms with Crippen LogP contribution in [0.2, 0.25) is 0 Å². The van der Waals surface area contributed by atoms with Crippen LogP contribution in [0.5, 0.6) is 0 Å². The fraction of sp³-hybridized carbons (Fsp3) is 0.421. The summed E-state index contributed by atoms with van der Waals surface area (Å²) in [6.07, 6.45) is 50.9. The Kier molecular flexibility index (Phi) is 10.4. The third kappa shape index (κ3) is 9.28. The van der Waals surface area contributed by atoms with Crippen LogP contribution >= 0.6 is 0 Å². The van der Waals surface area contributed by atoms with Crippen LogP contribution in [0.15, 0.2) is 122 Å². The van der Waals surface area contributed by atoms with E-state index in [4.69, 9.17) is 4.74 Å². The Hall–Kier alpha value is -3.46. The fourth-order valence-corrected chi connectivity index (χ4v) is 5.46. The molecule has 0 fully saturated rings. The van der Waals surface area contributed by atoms with Crippen molar-refractivity contribution in [2.24, 2.45) is 21.7 Å². The zero-order valence-electron chi connectivity index (χ0n) is 24.8. The monoisotopic (exact) mass is 550 g/mol. The highest BCUT2D eigenvalue weighted by atomic mass is 16.5. The quantitative estimate of drug-likeness (QED) is 0.130. The molecule has 0 unspecified atom stereocenters. The molecule has 0 radical (unpaired) electrons. The maximum absolute atomic E-state index is 12.2. The number of carbonyl (C=O) groups excluding carboxylic acids is 2. The number of ketones is 1. The lowest BCUT2D eigenvalue weighted by Crippen LogP contribution is -2.18. The van der Waals surface area contributed by atoms with Crippen molar-refractivity contribution in [3.8, 4) is 0 Å². The Morgan fingerprint density at radius 2 is 1.07 bits per heavy atom. The number of hydrogen-bond acceptors (Lipinski definition) is 3. The number of carbonyl (C=O) groups is 2. The minimum atomic E-state index is -0.282.